The van der Waals surface area contributed by atoms with Crippen LogP contribution in [0.1, 0.15) is 12.8 Å². The van der Waals surface area contributed by atoms with Gasteiger partial charge in [-0.2, -0.15) is 12.2 Å². The molecule has 0 heterocycles. The van der Waals surface area contributed by atoms with Crippen LogP contribution in [0.2, 0.25) is 0 Å². The van der Waals surface area contributed by atoms with E-state index in [9.17, 15) is 0 Å². The molecule has 15 heavy (non-hydrogen) atoms. The topological polar surface area (TPSA) is 0 Å². The van der Waals surface area contributed by atoms with Crippen molar-refractivity contribution in [1.29, 1.82) is 0 Å². The Hall–Kier alpha value is 1.22. The predicted molar refractivity (Wildman–Crippen MR) is 80.9 cm³/mol. The van der Waals surface area contributed by atoms with Crippen molar-refractivity contribution in [3.8, 4) is 0 Å². The van der Waals surface area contributed by atoms with Crippen LogP contribution in [0.4, 0.5) is 0 Å². The van der Waals surface area contributed by atoms with Crippen LogP contribution >= 0.6 is 34.0 Å². The molecule has 84 valence electrons. The van der Waals surface area contributed by atoms with E-state index in [-0.39, 0.29) is 54.1 Å². The second-order valence-electron chi connectivity index (χ2n) is 2.26. The van der Waals surface area contributed by atoms with Gasteiger partial charge in [0.2, 0.25) is 0 Å². The fourth-order valence-corrected chi connectivity index (χ4v) is 0.680. The molecule has 2 aliphatic rings. The average Bonchev–Trinajstić information content (AvgIpc) is 2.85. The van der Waals surface area contributed by atoms with Gasteiger partial charge < -0.3 is 0 Å². The summed E-state index contributed by atoms with van der Waals surface area (Å²) in [6, 6.07) is 0. The quantitative estimate of drug-likeness (QED) is 0.332. The Morgan fingerprint density at radius 3 is 1.27 bits per heavy atom. The third-order valence-electron chi connectivity index (χ3n) is 1.17. The van der Waals surface area contributed by atoms with Gasteiger partial charge in [-0.1, -0.05) is 0 Å². The fraction of sp³-hybridized carbons (Fsp3) is 0.200. The number of allylic oxidation sites excluding steroid dienone is 8. The first kappa shape index (κ1) is 21.5. The van der Waals surface area contributed by atoms with E-state index in [4.69, 9.17) is 0 Å². The van der Waals surface area contributed by atoms with Crippen LogP contribution in [0.5, 0.6) is 0 Å². The molecule has 0 aromatic carbocycles. The molecule has 0 N–H and O–H groups in total. The molecule has 2 rings (SSSR count). The van der Waals surface area contributed by atoms with E-state index >= 15 is 0 Å². The van der Waals surface area contributed by atoms with Crippen LogP contribution in [-0.4, -0.2) is 13.9 Å². The Bertz CT molecular complexity index is 223. The van der Waals surface area contributed by atoms with Gasteiger partial charge in [-0.15, -0.1) is 46.8 Å². The molecule has 0 aliphatic heterocycles. The molecular formula is C10H16Br2HfSi2-2. The van der Waals surface area contributed by atoms with Crippen LogP contribution in [0.3, 0.4) is 0 Å². The van der Waals surface area contributed by atoms with Crippen molar-refractivity contribution >= 4 is 47.8 Å². The van der Waals surface area contributed by atoms with Gasteiger partial charge in [0.05, 0.1) is 0 Å². The SMILES string of the molecule is Br.Br.[C-]1=CC=CC1.[C-]1=CC=CC1.[SiH2]=[Hf]=[SiH2]. The maximum absolute atomic E-state index is 2.99. The Morgan fingerprint density at radius 1 is 0.867 bits per heavy atom. The Balaban J connectivity index is -0.000000140. The molecule has 0 spiro atoms. The summed E-state index contributed by atoms with van der Waals surface area (Å²) in [5.41, 5.74) is 0. The normalized spacial score (nSPS) is 12.3. The first-order chi connectivity index (χ1) is 6.41. The van der Waals surface area contributed by atoms with E-state index in [2.05, 4.69) is 38.2 Å². The second kappa shape index (κ2) is 20.6. The van der Waals surface area contributed by atoms with Gasteiger partial charge in [-0.05, 0) is 0 Å². The van der Waals surface area contributed by atoms with Gasteiger partial charge in [0.1, 0.15) is 0 Å². The molecule has 0 aromatic rings. The van der Waals surface area contributed by atoms with Crippen molar-refractivity contribution in [2.75, 3.05) is 0 Å². The summed E-state index contributed by atoms with van der Waals surface area (Å²) in [5, 5.41) is 0. The Morgan fingerprint density at radius 2 is 1.20 bits per heavy atom. The van der Waals surface area contributed by atoms with Gasteiger partial charge in [0, 0.05) is 0 Å². The van der Waals surface area contributed by atoms with Gasteiger partial charge >= 0.3 is 34.0 Å². The number of hydrogen-bond acceptors (Lipinski definition) is 0. The molecule has 0 nitrogen and oxygen atoms in total. The molecule has 5 heteroatoms. The zero-order valence-electron chi connectivity index (χ0n) is 8.61. The van der Waals surface area contributed by atoms with Gasteiger partial charge in [0.15, 0.2) is 0 Å². The summed E-state index contributed by atoms with van der Waals surface area (Å²) < 4.78 is 0. The number of halogens is 2. The van der Waals surface area contributed by atoms with E-state index < -0.39 is 0 Å². The molecule has 2 aliphatic carbocycles. The van der Waals surface area contributed by atoms with Crippen molar-refractivity contribution in [2.45, 2.75) is 12.8 Å². The van der Waals surface area contributed by atoms with Crippen molar-refractivity contribution in [3.05, 3.63) is 48.6 Å². The van der Waals surface area contributed by atoms with Crippen LogP contribution < -0.4 is 0 Å². The van der Waals surface area contributed by atoms with E-state index in [1.807, 2.05) is 24.3 Å². The minimum atomic E-state index is 0. The molecule has 0 amide bonds. The van der Waals surface area contributed by atoms with E-state index in [1.165, 1.54) is 0 Å². The van der Waals surface area contributed by atoms with Crippen molar-refractivity contribution < 1.29 is 20.2 Å². The van der Waals surface area contributed by atoms with Gasteiger partial charge in [-0.25, -0.2) is 24.3 Å². The van der Waals surface area contributed by atoms with Crippen LogP contribution in [-0.2, 0) is 20.2 Å². The van der Waals surface area contributed by atoms with E-state index in [0.717, 1.165) is 12.8 Å². The van der Waals surface area contributed by atoms with Gasteiger partial charge in [-0.3, -0.25) is 12.2 Å². The number of hydrogen-bond donors (Lipinski definition) is 0. The van der Waals surface area contributed by atoms with Crippen molar-refractivity contribution in [1.82, 2.24) is 0 Å². The Kier molecular flexibility index (Phi) is 29.5. The summed E-state index contributed by atoms with van der Waals surface area (Å²) in [6.45, 7) is 4.36. The molecular weight excluding hydrogens is 515 g/mol. The fourth-order valence-electron chi connectivity index (χ4n) is 0.680. The minimum absolute atomic E-state index is 0. The number of rotatable bonds is 0. The Labute approximate surface area is 128 Å². The summed E-state index contributed by atoms with van der Waals surface area (Å²) in [4.78, 5) is 0. The van der Waals surface area contributed by atoms with Crippen LogP contribution in [0.25, 0.3) is 0 Å². The zero-order valence-corrected chi connectivity index (χ0v) is 18.5. The summed E-state index contributed by atoms with van der Waals surface area (Å²) in [6.07, 6.45) is 20.0. The molecule has 0 bridgehead atoms. The van der Waals surface area contributed by atoms with E-state index in [0.29, 0.717) is 0 Å². The predicted octanol–water partition coefficient (Wildman–Crippen LogP) is 1.93. The second-order valence-corrected chi connectivity index (χ2v) is 20.4. The van der Waals surface area contributed by atoms with Crippen molar-refractivity contribution in [3.63, 3.8) is 0 Å². The zero-order chi connectivity index (χ0) is 9.78. The molecule has 0 unspecified atom stereocenters. The monoisotopic (exact) mass is 530 g/mol. The molecule has 0 saturated heterocycles. The van der Waals surface area contributed by atoms with Crippen LogP contribution in [0, 0.1) is 12.2 Å². The third kappa shape index (κ3) is 21.1. The summed E-state index contributed by atoms with van der Waals surface area (Å²) in [7, 11) is 0. The molecule has 0 saturated carbocycles. The molecule has 0 aromatic heterocycles. The van der Waals surface area contributed by atoms with Crippen molar-refractivity contribution in [2.24, 2.45) is 0 Å². The van der Waals surface area contributed by atoms with Crippen LogP contribution in [0.15, 0.2) is 36.5 Å². The molecule has 0 atom stereocenters. The average molecular weight is 531 g/mol. The van der Waals surface area contributed by atoms with E-state index in [1.54, 1.807) is 0 Å². The molecule has 0 fully saturated rings. The maximum atomic E-state index is 2.99. The first-order valence-corrected chi connectivity index (χ1v) is 20.8. The first-order valence-electron chi connectivity index (χ1n) is 4.14. The summed E-state index contributed by atoms with van der Waals surface area (Å²) in [5.74, 6) is 0. The van der Waals surface area contributed by atoms with Gasteiger partial charge in [0.25, 0.3) is 0 Å². The molecule has 0 radical (unpaired) electrons. The standard InChI is InChI=1S/2C5H5.2BrH.Hf.2H2Si/c2*1-2-4-5-3-1;;;;;/h2*1-3H,4H2;2*1H;;2*1H2/q2*-1;;;;;. The third-order valence-corrected chi connectivity index (χ3v) is 1.17. The summed E-state index contributed by atoms with van der Waals surface area (Å²) >= 11 is 0.139.